The van der Waals surface area contributed by atoms with Gasteiger partial charge in [0.15, 0.2) is 0 Å². The third-order valence-corrected chi connectivity index (χ3v) is 8.57. The van der Waals surface area contributed by atoms with Gasteiger partial charge in [0, 0.05) is 0 Å². The number of carbonyl (C=O) groups is 1. The molecule has 14 heteroatoms. The fraction of sp³-hybridized carbons (Fsp3) is 0.976. The van der Waals surface area contributed by atoms with Crippen molar-refractivity contribution in [3.05, 3.63) is 0 Å². The van der Waals surface area contributed by atoms with E-state index in [0.29, 0.717) is 152 Å². The molecule has 0 saturated carbocycles. The number of hydrogen-bond acceptors (Lipinski definition) is 14. The van der Waals surface area contributed by atoms with Crippen molar-refractivity contribution in [1.82, 2.24) is 0 Å². The van der Waals surface area contributed by atoms with Crippen molar-refractivity contribution < 1.29 is 66.7 Å². The maximum Gasteiger partial charge on any atom is 0.309 e. The lowest BCUT2D eigenvalue weighted by Gasteiger charge is -2.16. The summed E-state index contributed by atoms with van der Waals surface area (Å²) in [5.41, 5.74) is 0. The number of unbranched alkanes of at least 4 members (excludes halogenated alkanes) is 10. The van der Waals surface area contributed by atoms with E-state index in [2.05, 4.69) is 13.8 Å². The summed E-state index contributed by atoms with van der Waals surface area (Å²) in [6.45, 7) is 15.3. The molecule has 0 aliphatic carbocycles. The minimum Gasteiger partial charge on any atom is -0.463 e. The van der Waals surface area contributed by atoms with Gasteiger partial charge in [-0.25, -0.2) is 0 Å². The van der Waals surface area contributed by atoms with E-state index in [1.807, 2.05) is 0 Å². The average Bonchev–Trinajstić information content (AvgIpc) is 3.21. The highest BCUT2D eigenvalue weighted by Gasteiger charge is 2.19. The topological polar surface area (TPSA) is 148 Å². The number of esters is 1. The van der Waals surface area contributed by atoms with Crippen LogP contribution in [0.15, 0.2) is 0 Å². The maximum atomic E-state index is 12.8. The smallest absolute Gasteiger partial charge is 0.309 e. The van der Waals surface area contributed by atoms with E-state index in [0.717, 1.165) is 25.7 Å². The molecule has 0 amide bonds. The van der Waals surface area contributed by atoms with Crippen molar-refractivity contribution in [3.8, 4) is 0 Å². The summed E-state index contributed by atoms with van der Waals surface area (Å²) in [4.78, 5) is 12.8. The highest BCUT2D eigenvalue weighted by Crippen LogP contribution is 2.21. The summed E-state index contributed by atoms with van der Waals surface area (Å²) >= 11 is 0. The molecule has 0 aromatic heterocycles. The summed E-state index contributed by atoms with van der Waals surface area (Å²) in [7, 11) is 0. The quantitative estimate of drug-likeness (QED) is 0.0581. The van der Waals surface area contributed by atoms with Gasteiger partial charge in [-0.15, -0.1) is 0 Å². The first-order valence-corrected chi connectivity index (χ1v) is 21.9. The zero-order valence-corrected chi connectivity index (χ0v) is 35.7. The minimum absolute atomic E-state index is 0.0158. The van der Waals surface area contributed by atoms with Crippen molar-refractivity contribution in [1.29, 1.82) is 0 Å². The first-order chi connectivity index (χ1) is 27.8. The van der Waals surface area contributed by atoms with Gasteiger partial charge in [-0.1, -0.05) is 90.9 Å². The molecule has 0 aliphatic heterocycles. The lowest BCUT2D eigenvalue weighted by Crippen LogP contribution is -2.21. The van der Waals surface area contributed by atoms with E-state index < -0.39 is 0 Å². The van der Waals surface area contributed by atoms with Gasteiger partial charge in [-0.3, -0.25) is 4.79 Å². The number of hydrogen-bond donors (Lipinski definition) is 1. The molecule has 0 radical (unpaired) electrons. The third-order valence-electron chi connectivity index (χ3n) is 8.57. The Hall–Kier alpha value is -1.01. The molecule has 0 rings (SSSR count). The van der Waals surface area contributed by atoms with Gasteiger partial charge in [0.2, 0.25) is 0 Å². The van der Waals surface area contributed by atoms with Crippen molar-refractivity contribution >= 4 is 5.97 Å². The van der Waals surface area contributed by atoms with Gasteiger partial charge in [0.1, 0.15) is 6.61 Å². The summed E-state index contributed by atoms with van der Waals surface area (Å²) < 4.78 is 65.6. The molecule has 0 aromatic rings. The predicted molar refractivity (Wildman–Crippen MR) is 217 cm³/mol. The number of aliphatic hydroxyl groups excluding tert-OH is 1. The van der Waals surface area contributed by atoms with Gasteiger partial charge < -0.3 is 61.9 Å². The Bertz CT molecular complexity index is 720. The average molecular weight is 813 g/mol. The Morgan fingerprint density at radius 2 is 0.571 bits per heavy atom. The van der Waals surface area contributed by atoms with Crippen molar-refractivity contribution in [2.75, 3.05) is 159 Å². The van der Waals surface area contributed by atoms with Crippen LogP contribution in [0.2, 0.25) is 0 Å². The lowest BCUT2D eigenvalue weighted by molar-refractivity contribution is -0.150. The fourth-order valence-electron chi connectivity index (χ4n) is 5.41. The second-order valence-corrected chi connectivity index (χ2v) is 13.4. The Morgan fingerprint density at radius 3 is 0.839 bits per heavy atom. The molecule has 0 fully saturated rings. The van der Waals surface area contributed by atoms with Crippen molar-refractivity contribution in [3.63, 3.8) is 0 Å². The SMILES string of the molecule is CCCCCCCCC(CCCCCCCC)C(=O)OCCOCCOCCOCCOCCOCCOCCOCCOCCOCCOCCOCCO. The molecular weight excluding hydrogens is 728 g/mol. The highest BCUT2D eigenvalue weighted by atomic mass is 16.6. The molecule has 1 N–H and O–H groups in total. The first kappa shape index (κ1) is 55.0. The largest absolute Gasteiger partial charge is 0.463 e. The lowest BCUT2D eigenvalue weighted by atomic mass is 9.94. The van der Waals surface area contributed by atoms with Crippen LogP contribution < -0.4 is 0 Å². The van der Waals surface area contributed by atoms with Crippen LogP contribution in [0.25, 0.3) is 0 Å². The molecule has 0 unspecified atom stereocenters. The van der Waals surface area contributed by atoms with Crippen LogP contribution in [0.4, 0.5) is 0 Å². The molecule has 0 atom stereocenters. The second kappa shape index (κ2) is 50.1. The zero-order chi connectivity index (χ0) is 40.5. The van der Waals surface area contributed by atoms with Gasteiger partial charge in [0.25, 0.3) is 0 Å². The molecule has 0 bridgehead atoms. The van der Waals surface area contributed by atoms with Gasteiger partial charge in [-0.05, 0) is 12.8 Å². The number of ether oxygens (including phenoxy) is 12. The van der Waals surface area contributed by atoms with Crippen LogP contribution in [0.1, 0.15) is 104 Å². The van der Waals surface area contributed by atoms with E-state index in [-0.39, 0.29) is 18.5 Å². The Labute approximate surface area is 340 Å². The number of carbonyl (C=O) groups excluding carboxylic acids is 1. The van der Waals surface area contributed by atoms with E-state index in [9.17, 15) is 4.79 Å². The van der Waals surface area contributed by atoms with Gasteiger partial charge >= 0.3 is 5.97 Å². The third kappa shape index (κ3) is 45.7. The summed E-state index contributed by atoms with van der Waals surface area (Å²) in [5, 5.41) is 8.60. The van der Waals surface area contributed by atoms with E-state index in [4.69, 9.17) is 61.9 Å². The molecule has 14 nitrogen and oxygen atoms in total. The molecule has 0 aliphatic rings. The first-order valence-electron chi connectivity index (χ1n) is 21.9. The van der Waals surface area contributed by atoms with Crippen LogP contribution >= 0.6 is 0 Å². The number of rotatable bonds is 50. The van der Waals surface area contributed by atoms with Crippen LogP contribution in [0.3, 0.4) is 0 Å². The molecule has 0 spiro atoms. The van der Waals surface area contributed by atoms with Crippen LogP contribution in [0.5, 0.6) is 0 Å². The molecular formula is C42H84O14. The van der Waals surface area contributed by atoms with Crippen molar-refractivity contribution in [2.45, 2.75) is 104 Å². The monoisotopic (exact) mass is 813 g/mol. The minimum atomic E-state index is -0.0560. The van der Waals surface area contributed by atoms with Crippen LogP contribution in [0, 0.1) is 5.92 Å². The van der Waals surface area contributed by atoms with Crippen molar-refractivity contribution in [2.24, 2.45) is 5.92 Å². The molecule has 0 saturated heterocycles. The summed E-state index contributed by atoms with van der Waals surface area (Å²) in [6, 6.07) is 0. The van der Waals surface area contributed by atoms with E-state index in [1.165, 1.54) is 64.2 Å². The van der Waals surface area contributed by atoms with Gasteiger partial charge in [0.05, 0.1) is 158 Å². The van der Waals surface area contributed by atoms with Crippen LogP contribution in [-0.2, 0) is 61.6 Å². The predicted octanol–water partition coefficient (Wildman–Crippen LogP) is 5.82. The highest BCUT2D eigenvalue weighted by molar-refractivity contribution is 5.72. The summed E-state index contributed by atoms with van der Waals surface area (Å²) in [5.74, 6) is -0.0402. The number of aliphatic hydroxyl groups is 1. The van der Waals surface area contributed by atoms with Gasteiger partial charge in [-0.2, -0.15) is 0 Å². The fourth-order valence-corrected chi connectivity index (χ4v) is 5.41. The standard InChI is InChI=1S/C42H84O14/c1-3-5-7-9-11-13-15-41(16-14-12-10-8-6-4-2)42(44)56-40-39-55-38-37-54-36-35-53-34-33-52-32-31-51-30-29-50-28-27-49-26-25-48-24-23-47-22-21-46-20-19-45-18-17-43/h41,43H,3-40H2,1-2H3. The Kier molecular flexibility index (Phi) is 49.2. The van der Waals surface area contributed by atoms with E-state index in [1.54, 1.807) is 0 Å². The second-order valence-electron chi connectivity index (χ2n) is 13.4. The Morgan fingerprint density at radius 1 is 0.339 bits per heavy atom. The summed E-state index contributed by atoms with van der Waals surface area (Å²) in [6.07, 6.45) is 16.7. The molecule has 0 aromatic carbocycles. The zero-order valence-electron chi connectivity index (χ0n) is 35.7. The molecule has 336 valence electrons. The molecule has 56 heavy (non-hydrogen) atoms. The van der Waals surface area contributed by atoms with Crippen LogP contribution in [-0.4, -0.2) is 170 Å². The van der Waals surface area contributed by atoms with E-state index >= 15 is 0 Å². The normalized spacial score (nSPS) is 11.6. The molecule has 0 heterocycles. The Balaban J connectivity index is 3.42. The maximum absolute atomic E-state index is 12.8.